The topological polar surface area (TPSA) is 126 Å². The SMILES string of the molecule is CCN(C(=O)Cn1nc(-c2ccc(C#N)c(C(F)(F)F)c2)c2nc[nH]c2c1=O)c1ccc2c(c1)OC(F)(F)O2. The van der Waals surface area contributed by atoms with Gasteiger partial charge in [0.1, 0.15) is 23.3 Å². The molecule has 1 aliphatic rings. The zero-order chi connectivity index (χ0) is 28.1. The summed E-state index contributed by atoms with van der Waals surface area (Å²) in [5.41, 5.74) is -2.79. The number of hydrogen-bond donors (Lipinski definition) is 1. The lowest BCUT2D eigenvalue weighted by atomic mass is 10.0. The van der Waals surface area contributed by atoms with Crippen LogP contribution < -0.4 is 19.9 Å². The highest BCUT2D eigenvalue weighted by atomic mass is 19.4. The van der Waals surface area contributed by atoms with Gasteiger partial charge < -0.3 is 19.4 Å². The van der Waals surface area contributed by atoms with Gasteiger partial charge in [-0.1, -0.05) is 6.07 Å². The Morgan fingerprint density at radius 1 is 1.18 bits per heavy atom. The minimum atomic E-state index is -4.84. The number of ether oxygens (including phenoxy) is 2. The fourth-order valence-electron chi connectivity index (χ4n) is 4.13. The molecule has 0 spiro atoms. The first-order valence-corrected chi connectivity index (χ1v) is 11.2. The summed E-state index contributed by atoms with van der Waals surface area (Å²) in [6.45, 7) is 1.02. The molecule has 0 radical (unpaired) electrons. The Kier molecular flexibility index (Phi) is 5.97. The zero-order valence-electron chi connectivity index (χ0n) is 19.7. The number of alkyl halides is 5. The Morgan fingerprint density at radius 2 is 1.92 bits per heavy atom. The van der Waals surface area contributed by atoms with Gasteiger partial charge in [-0.25, -0.2) is 9.67 Å². The number of amides is 1. The summed E-state index contributed by atoms with van der Waals surface area (Å²) in [6.07, 6.45) is -7.54. The van der Waals surface area contributed by atoms with E-state index in [0.29, 0.717) is 6.07 Å². The van der Waals surface area contributed by atoms with Gasteiger partial charge in [0.2, 0.25) is 5.91 Å². The van der Waals surface area contributed by atoms with Crippen molar-refractivity contribution in [2.24, 2.45) is 0 Å². The predicted molar refractivity (Wildman–Crippen MR) is 124 cm³/mol. The standard InChI is InChI=1S/C24H15F5N6O4/c1-2-34(14-5-6-16-17(8-14)39-24(28,29)38-16)18(36)10-35-22(37)21-20(31-11-32-21)19(33-35)12-3-4-13(9-30)15(7-12)23(25,26)27/h3-8,11H,2,10H2,1H3,(H,31,32). The fraction of sp³-hybridized carbons (Fsp3) is 0.208. The molecule has 0 atom stereocenters. The number of carbonyl (C=O) groups is 1. The second-order valence-corrected chi connectivity index (χ2v) is 8.24. The Hall–Kier alpha value is -5.00. The Balaban J connectivity index is 1.53. The van der Waals surface area contributed by atoms with Crippen molar-refractivity contribution >= 4 is 22.6 Å². The molecular formula is C24H15F5N6O4. The molecule has 0 saturated heterocycles. The van der Waals surface area contributed by atoms with Gasteiger partial charge in [0.25, 0.3) is 5.56 Å². The predicted octanol–water partition coefficient (Wildman–Crippen LogP) is 4.05. The van der Waals surface area contributed by atoms with Gasteiger partial charge in [0.05, 0.1) is 23.5 Å². The van der Waals surface area contributed by atoms with Crippen LogP contribution in [0.2, 0.25) is 0 Å². The first kappa shape index (κ1) is 25.6. The third-order valence-electron chi connectivity index (χ3n) is 5.85. The molecule has 10 nitrogen and oxygen atoms in total. The molecule has 15 heteroatoms. The van der Waals surface area contributed by atoms with Crippen molar-refractivity contribution in [1.29, 1.82) is 5.26 Å². The van der Waals surface area contributed by atoms with Crippen molar-refractivity contribution in [3.8, 4) is 28.8 Å². The molecule has 5 rings (SSSR count). The molecule has 1 aliphatic heterocycles. The number of nitrogens with zero attached hydrogens (tertiary/aromatic N) is 5. The molecular weight excluding hydrogens is 531 g/mol. The van der Waals surface area contributed by atoms with Crippen LogP contribution in [0.3, 0.4) is 0 Å². The number of halogens is 5. The zero-order valence-corrected chi connectivity index (χ0v) is 19.7. The maximum Gasteiger partial charge on any atom is 0.586 e. The number of nitrogens with one attached hydrogen (secondary N) is 1. The van der Waals surface area contributed by atoms with Crippen LogP contribution >= 0.6 is 0 Å². The summed E-state index contributed by atoms with van der Waals surface area (Å²) in [7, 11) is 0. The maximum atomic E-state index is 13.6. The van der Waals surface area contributed by atoms with Crippen molar-refractivity contribution in [2.45, 2.75) is 25.9 Å². The van der Waals surface area contributed by atoms with Gasteiger partial charge in [0.15, 0.2) is 11.5 Å². The fourth-order valence-corrected chi connectivity index (χ4v) is 4.13. The smallest absolute Gasteiger partial charge is 0.395 e. The monoisotopic (exact) mass is 546 g/mol. The van der Waals surface area contributed by atoms with E-state index in [-0.39, 0.29) is 46.0 Å². The second-order valence-electron chi connectivity index (χ2n) is 8.24. The molecule has 1 amide bonds. The van der Waals surface area contributed by atoms with Crippen LogP contribution in [-0.4, -0.2) is 38.5 Å². The summed E-state index contributed by atoms with van der Waals surface area (Å²) in [5.74, 6) is -1.19. The van der Waals surface area contributed by atoms with E-state index in [1.165, 1.54) is 35.2 Å². The van der Waals surface area contributed by atoms with Gasteiger partial charge in [0, 0.05) is 23.9 Å². The highest BCUT2D eigenvalue weighted by Crippen LogP contribution is 2.43. The van der Waals surface area contributed by atoms with Crippen molar-refractivity contribution < 1.29 is 36.2 Å². The third kappa shape index (κ3) is 4.60. The maximum absolute atomic E-state index is 13.6. The van der Waals surface area contributed by atoms with Gasteiger partial charge in [-0.15, -0.1) is 8.78 Å². The van der Waals surface area contributed by atoms with E-state index >= 15 is 0 Å². The first-order chi connectivity index (χ1) is 18.4. The molecule has 3 heterocycles. The van der Waals surface area contributed by atoms with Crippen LogP contribution in [0, 0.1) is 11.3 Å². The average molecular weight is 546 g/mol. The van der Waals surface area contributed by atoms with E-state index < -0.39 is 41.6 Å². The normalized spacial score (nSPS) is 13.9. The van der Waals surface area contributed by atoms with Crippen LogP contribution in [0.4, 0.5) is 27.6 Å². The van der Waals surface area contributed by atoms with Crippen molar-refractivity contribution in [3.05, 3.63) is 64.2 Å². The number of aromatic amines is 1. The van der Waals surface area contributed by atoms with Crippen LogP contribution in [0.15, 0.2) is 47.5 Å². The lowest BCUT2D eigenvalue weighted by Gasteiger charge is -2.21. The highest BCUT2D eigenvalue weighted by molar-refractivity contribution is 5.94. The minimum absolute atomic E-state index is 0.0365. The van der Waals surface area contributed by atoms with Gasteiger partial charge in [-0.2, -0.15) is 23.5 Å². The minimum Gasteiger partial charge on any atom is -0.395 e. The molecule has 1 N–H and O–H groups in total. The summed E-state index contributed by atoms with van der Waals surface area (Å²) in [5, 5.41) is 13.2. The number of aromatic nitrogens is 4. The lowest BCUT2D eigenvalue weighted by Crippen LogP contribution is -2.37. The number of fused-ring (bicyclic) bond motifs is 2. The van der Waals surface area contributed by atoms with Gasteiger partial charge in [-0.05, 0) is 31.2 Å². The summed E-state index contributed by atoms with van der Waals surface area (Å²) in [4.78, 5) is 34.0. The Bertz CT molecular complexity index is 1720. The van der Waals surface area contributed by atoms with Crippen LogP contribution in [0.5, 0.6) is 11.5 Å². The quantitative estimate of drug-likeness (QED) is 0.374. The molecule has 0 unspecified atom stereocenters. The number of carbonyl (C=O) groups excluding carboxylic acids is 1. The summed E-state index contributed by atoms with van der Waals surface area (Å²) in [6, 6.07) is 8.12. The van der Waals surface area contributed by atoms with Crippen LogP contribution in [-0.2, 0) is 17.5 Å². The van der Waals surface area contributed by atoms with Crippen LogP contribution in [0.25, 0.3) is 22.3 Å². The molecule has 0 fully saturated rings. The number of hydrogen-bond acceptors (Lipinski definition) is 7. The molecule has 0 bridgehead atoms. The molecule has 2 aromatic heterocycles. The second kappa shape index (κ2) is 9.08. The van der Waals surface area contributed by atoms with Crippen molar-refractivity contribution in [3.63, 3.8) is 0 Å². The molecule has 200 valence electrons. The van der Waals surface area contributed by atoms with E-state index in [0.717, 1.165) is 17.1 Å². The van der Waals surface area contributed by atoms with Gasteiger partial charge >= 0.3 is 12.5 Å². The molecule has 39 heavy (non-hydrogen) atoms. The Labute approximate surface area is 214 Å². The average Bonchev–Trinajstić information content (AvgIpc) is 3.48. The number of H-pyrrole nitrogens is 1. The van der Waals surface area contributed by atoms with Crippen molar-refractivity contribution in [2.75, 3.05) is 11.4 Å². The first-order valence-electron chi connectivity index (χ1n) is 11.2. The van der Waals surface area contributed by atoms with Gasteiger partial charge in [-0.3, -0.25) is 9.59 Å². The van der Waals surface area contributed by atoms with E-state index in [1.807, 2.05) is 0 Å². The summed E-state index contributed by atoms with van der Waals surface area (Å²) >= 11 is 0. The third-order valence-corrected chi connectivity index (χ3v) is 5.85. The molecule has 2 aromatic carbocycles. The molecule has 0 aliphatic carbocycles. The number of nitriles is 1. The number of imidazole rings is 1. The number of rotatable bonds is 5. The van der Waals surface area contributed by atoms with E-state index in [1.54, 1.807) is 6.92 Å². The summed E-state index contributed by atoms with van der Waals surface area (Å²) < 4.78 is 77.0. The van der Waals surface area contributed by atoms with Crippen LogP contribution in [0.1, 0.15) is 18.1 Å². The number of benzene rings is 2. The number of anilines is 1. The largest absolute Gasteiger partial charge is 0.586 e. The molecule has 0 saturated carbocycles. The highest BCUT2D eigenvalue weighted by Gasteiger charge is 2.43. The lowest BCUT2D eigenvalue weighted by molar-refractivity contribution is -0.286. The molecule has 4 aromatic rings. The Morgan fingerprint density at radius 3 is 2.62 bits per heavy atom. The van der Waals surface area contributed by atoms with E-state index in [9.17, 15) is 31.5 Å². The van der Waals surface area contributed by atoms with Crippen molar-refractivity contribution in [1.82, 2.24) is 19.7 Å². The number of likely N-dealkylation sites (N-methyl/N-ethyl adjacent to an activating group) is 1. The van der Waals surface area contributed by atoms with E-state index in [2.05, 4.69) is 24.5 Å². The van der Waals surface area contributed by atoms with E-state index in [4.69, 9.17) is 5.26 Å².